The number of amides is 1. The molecule has 1 N–H and O–H groups in total. The second-order valence-corrected chi connectivity index (χ2v) is 7.37. The number of nitrogens with one attached hydrogen (secondary N) is 1. The summed E-state index contributed by atoms with van der Waals surface area (Å²) in [7, 11) is 0. The number of benzene rings is 1. The van der Waals surface area contributed by atoms with E-state index in [2.05, 4.69) is 20.2 Å². The van der Waals surface area contributed by atoms with Crippen LogP contribution in [0, 0.1) is 0 Å². The minimum Gasteiger partial charge on any atom is -0.274 e. The summed E-state index contributed by atoms with van der Waals surface area (Å²) in [5.74, 6) is 1.51. The van der Waals surface area contributed by atoms with Gasteiger partial charge in [-0.2, -0.15) is 0 Å². The van der Waals surface area contributed by atoms with Crippen molar-refractivity contribution in [2.24, 2.45) is 0 Å². The molecule has 0 radical (unpaired) electrons. The van der Waals surface area contributed by atoms with Gasteiger partial charge >= 0.3 is 0 Å². The Morgan fingerprint density at radius 2 is 2.08 bits per heavy atom. The zero-order valence-corrected chi connectivity index (χ0v) is 16.1. The predicted molar refractivity (Wildman–Crippen MR) is 104 cm³/mol. The lowest BCUT2D eigenvalue weighted by molar-refractivity contribution is -0.133. The molecule has 6 nitrogen and oxygen atoms in total. The lowest BCUT2D eigenvalue weighted by Crippen LogP contribution is -2.23. The van der Waals surface area contributed by atoms with Crippen molar-refractivity contribution in [1.29, 1.82) is 0 Å². The molecule has 0 bridgehead atoms. The fourth-order valence-corrected chi connectivity index (χ4v) is 3.93. The Labute approximate surface area is 160 Å². The van der Waals surface area contributed by atoms with Crippen LogP contribution in [-0.2, 0) is 9.63 Å². The number of hydrogen-bond acceptors (Lipinski definition) is 6. The molecule has 3 aromatic rings. The molecule has 0 aliphatic carbocycles. The van der Waals surface area contributed by atoms with Crippen molar-refractivity contribution in [3.05, 3.63) is 47.8 Å². The van der Waals surface area contributed by atoms with Crippen LogP contribution in [0.3, 0.4) is 0 Å². The average Bonchev–Trinajstić information content (AvgIpc) is 3.33. The first-order valence-electron chi connectivity index (χ1n) is 8.37. The van der Waals surface area contributed by atoms with Crippen LogP contribution < -0.4 is 5.48 Å². The summed E-state index contributed by atoms with van der Waals surface area (Å²) < 4.78 is 2.07. The molecule has 0 unspecified atom stereocenters. The van der Waals surface area contributed by atoms with Gasteiger partial charge in [-0.15, -0.1) is 21.5 Å². The first-order valence-corrected chi connectivity index (χ1v) is 10.2. The van der Waals surface area contributed by atoms with Crippen molar-refractivity contribution in [2.45, 2.75) is 24.9 Å². The Hall–Kier alpha value is -2.16. The molecular weight excluding hydrogens is 368 g/mol. The summed E-state index contributed by atoms with van der Waals surface area (Å²) in [5.41, 5.74) is 3.44. The largest absolute Gasteiger partial charge is 0.274 e. The van der Waals surface area contributed by atoms with Crippen molar-refractivity contribution >= 4 is 29.0 Å². The second kappa shape index (κ2) is 9.51. The summed E-state index contributed by atoms with van der Waals surface area (Å²) >= 11 is 3.24. The van der Waals surface area contributed by atoms with E-state index in [0.29, 0.717) is 13.0 Å². The molecule has 2 heterocycles. The summed E-state index contributed by atoms with van der Waals surface area (Å²) in [6.45, 7) is 2.30. The van der Waals surface area contributed by atoms with Crippen LogP contribution in [0.1, 0.15) is 19.8 Å². The number of hydroxylamine groups is 1. The highest BCUT2D eigenvalue weighted by Gasteiger charge is 2.16. The van der Waals surface area contributed by atoms with Gasteiger partial charge in [-0.05, 0) is 36.9 Å². The number of hydrogen-bond donors (Lipinski definition) is 1. The average molecular weight is 389 g/mol. The fraction of sp³-hybridized carbons (Fsp3) is 0.278. The molecule has 2 aromatic heterocycles. The van der Waals surface area contributed by atoms with Gasteiger partial charge in [0.15, 0.2) is 11.0 Å². The molecule has 8 heteroatoms. The van der Waals surface area contributed by atoms with Crippen LogP contribution in [0.15, 0.2) is 53.0 Å². The molecule has 0 aliphatic rings. The third-order valence-corrected chi connectivity index (χ3v) is 5.38. The van der Waals surface area contributed by atoms with E-state index >= 15 is 0 Å². The Morgan fingerprint density at radius 3 is 2.81 bits per heavy atom. The normalized spacial score (nSPS) is 10.8. The quantitative estimate of drug-likeness (QED) is 0.342. The number of carbonyl (C=O) groups excluding carboxylic acids is 1. The van der Waals surface area contributed by atoms with Crippen molar-refractivity contribution in [3.8, 4) is 16.4 Å². The highest BCUT2D eigenvalue weighted by Crippen LogP contribution is 2.30. The van der Waals surface area contributed by atoms with Crippen molar-refractivity contribution in [2.75, 3.05) is 12.4 Å². The highest BCUT2D eigenvalue weighted by atomic mass is 32.2. The maximum atomic E-state index is 11.6. The number of carbonyl (C=O) groups is 1. The van der Waals surface area contributed by atoms with Crippen molar-refractivity contribution in [3.63, 3.8) is 0 Å². The topological polar surface area (TPSA) is 69.0 Å². The molecule has 1 aromatic carbocycles. The molecule has 0 atom stereocenters. The van der Waals surface area contributed by atoms with Crippen LogP contribution in [0.2, 0.25) is 0 Å². The fourth-order valence-electron chi connectivity index (χ4n) is 2.34. The van der Waals surface area contributed by atoms with E-state index in [1.165, 1.54) is 0 Å². The molecule has 0 saturated heterocycles. The van der Waals surface area contributed by atoms with E-state index in [9.17, 15) is 4.79 Å². The highest BCUT2D eigenvalue weighted by molar-refractivity contribution is 7.99. The SMILES string of the molecule is CCONC(=O)CCCSc1nnc(-c2cccs2)n1-c1ccccc1. The maximum absolute atomic E-state index is 11.6. The van der Waals surface area contributed by atoms with Gasteiger partial charge in [0.1, 0.15) is 0 Å². The van der Waals surface area contributed by atoms with Crippen LogP contribution >= 0.6 is 23.1 Å². The molecule has 1 amide bonds. The van der Waals surface area contributed by atoms with Gasteiger partial charge in [0.2, 0.25) is 5.91 Å². The smallest absolute Gasteiger partial charge is 0.243 e. The molecule has 0 saturated carbocycles. The minimum absolute atomic E-state index is 0.101. The summed E-state index contributed by atoms with van der Waals surface area (Å²) in [6, 6.07) is 14.1. The van der Waals surface area contributed by atoms with Crippen molar-refractivity contribution < 1.29 is 9.63 Å². The van der Waals surface area contributed by atoms with E-state index < -0.39 is 0 Å². The summed E-state index contributed by atoms with van der Waals surface area (Å²) in [5, 5.41) is 11.6. The van der Waals surface area contributed by atoms with Gasteiger partial charge in [-0.1, -0.05) is 36.0 Å². The Bertz CT molecular complexity index is 819. The second-order valence-electron chi connectivity index (χ2n) is 5.36. The van der Waals surface area contributed by atoms with Crippen LogP contribution in [0.25, 0.3) is 16.4 Å². The molecule has 26 heavy (non-hydrogen) atoms. The maximum Gasteiger partial charge on any atom is 0.243 e. The molecule has 0 spiro atoms. The van der Waals surface area contributed by atoms with Crippen LogP contribution in [-0.4, -0.2) is 33.0 Å². The van der Waals surface area contributed by atoms with Gasteiger partial charge in [-0.25, -0.2) is 5.48 Å². The minimum atomic E-state index is -0.101. The third-order valence-electron chi connectivity index (χ3n) is 3.50. The first-order chi connectivity index (χ1) is 12.8. The van der Waals surface area contributed by atoms with Gasteiger partial charge in [0.05, 0.1) is 11.5 Å². The first kappa shape index (κ1) is 18.6. The van der Waals surface area contributed by atoms with E-state index in [0.717, 1.165) is 33.7 Å². The Morgan fingerprint density at radius 1 is 1.23 bits per heavy atom. The molecule has 0 aliphatic heterocycles. The number of thioether (sulfide) groups is 1. The number of aromatic nitrogens is 3. The summed E-state index contributed by atoms with van der Waals surface area (Å²) in [4.78, 5) is 17.6. The lowest BCUT2D eigenvalue weighted by atomic mass is 10.3. The number of para-hydroxylation sites is 1. The van der Waals surface area contributed by atoms with Gasteiger partial charge in [0.25, 0.3) is 0 Å². The molecule has 3 rings (SSSR count). The van der Waals surface area contributed by atoms with E-state index in [1.807, 2.05) is 54.8 Å². The van der Waals surface area contributed by atoms with Gasteiger partial charge in [-0.3, -0.25) is 14.2 Å². The van der Waals surface area contributed by atoms with Gasteiger partial charge < -0.3 is 0 Å². The summed E-state index contributed by atoms with van der Waals surface area (Å²) in [6.07, 6.45) is 1.16. The van der Waals surface area contributed by atoms with Crippen LogP contribution in [0.5, 0.6) is 0 Å². The van der Waals surface area contributed by atoms with E-state index in [1.54, 1.807) is 23.1 Å². The molecular formula is C18H20N4O2S2. The zero-order valence-electron chi connectivity index (χ0n) is 14.4. The lowest BCUT2D eigenvalue weighted by Gasteiger charge is -2.09. The third kappa shape index (κ3) is 4.72. The standard InChI is InChI=1S/C18H20N4O2S2/c1-2-24-21-16(23)11-7-13-26-18-20-19-17(15-10-6-12-25-15)22(18)14-8-4-3-5-9-14/h3-6,8-10,12H,2,7,11,13H2,1H3,(H,21,23). The zero-order chi connectivity index (χ0) is 18.2. The van der Waals surface area contributed by atoms with E-state index in [4.69, 9.17) is 4.84 Å². The number of rotatable bonds is 9. The predicted octanol–water partition coefficient (Wildman–Crippen LogP) is 3.94. The Kier molecular flexibility index (Phi) is 6.82. The number of nitrogens with zero attached hydrogens (tertiary/aromatic N) is 3. The number of thiophene rings is 1. The monoisotopic (exact) mass is 388 g/mol. The molecule has 0 fully saturated rings. The molecule has 136 valence electrons. The van der Waals surface area contributed by atoms with Gasteiger partial charge in [0, 0.05) is 17.9 Å². The van der Waals surface area contributed by atoms with Crippen LogP contribution in [0.4, 0.5) is 0 Å². The van der Waals surface area contributed by atoms with E-state index in [-0.39, 0.29) is 5.91 Å². The van der Waals surface area contributed by atoms with Crippen molar-refractivity contribution in [1.82, 2.24) is 20.2 Å². The Balaban J connectivity index is 1.71.